The average molecular weight is 545 g/mol. The third-order valence-electron chi connectivity index (χ3n) is 4.69. The molecule has 0 spiro atoms. The Balaban J connectivity index is 1.78. The SMILES string of the molecule is COc1cc(Cl)cc(C=Nn2c(C)nc3ccc(Br)cc3c2=O)c1Oc1ccc([N+](=O)[O-])cn1. The summed E-state index contributed by atoms with van der Waals surface area (Å²) in [6.45, 7) is 1.66. The summed E-state index contributed by atoms with van der Waals surface area (Å²) < 4.78 is 13.1. The molecular formula is C22H15BrClN5O5. The zero-order valence-electron chi connectivity index (χ0n) is 17.7. The summed E-state index contributed by atoms with van der Waals surface area (Å²) in [5, 5.41) is 15.9. The van der Waals surface area contributed by atoms with Gasteiger partial charge in [0, 0.05) is 33.3 Å². The van der Waals surface area contributed by atoms with Crippen LogP contribution in [0, 0.1) is 17.0 Å². The van der Waals surface area contributed by atoms with Crippen molar-refractivity contribution in [3.63, 3.8) is 0 Å². The van der Waals surface area contributed by atoms with Gasteiger partial charge in [-0.3, -0.25) is 14.9 Å². The van der Waals surface area contributed by atoms with E-state index in [-0.39, 0.29) is 28.6 Å². The Morgan fingerprint density at radius 3 is 2.71 bits per heavy atom. The Morgan fingerprint density at radius 1 is 1.24 bits per heavy atom. The molecule has 4 rings (SSSR count). The van der Waals surface area contributed by atoms with Gasteiger partial charge in [0.1, 0.15) is 12.0 Å². The summed E-state index contributed by atoms with van der Waals surface area (Å²) in [6, 6.07) is 10.9. The molecule has 0 aliphatic heterocycles. The number of hydrogen-bond acceptors (Lipinski definition) is 8. The first-order valence-electron chi connectivity index (χ1n) is 9.66. The molecule has 0 unspecified atom stereocenters. The first-order chi connectivity index (χ1) is 16.3. The molecule has 0 fully saturated rings. The molecule has 0 aliphatic carbocycles. The maximum atomic E-state index is 13.0. The van der Waals surface area contributed by atoms with Crippen LogP contribution in [0.4, 0.5) is 5.69 Å². The van der Waals surface area contributed by atoms with E-state index in [9.17, 15) is 14.9 Å². The summed E-state index contributed by atoms with van der Waals surface area (Å²) in [4.78, 5) is 31.7. The number of ether oxygens (including phenoxy) is 2. The summed E-state index contributed by atoms with van der Waals surface area (Å²) in [7, 11) is 1.43. The minimum absolute atomic E-state index is 0.0893. The second-order valence-corrected chi connectivity index (χ2v) is 8.27. The third-order valence-corrected chi connectivity index (χ3v) is 5.40. The summed E-state index contributed by atoms with van der Waals surface area (Å²) in [5.41, 5.74) is 0.399. The number of rotatable bonds is 6. The monoisotopic (exact) mass is 543 g/mol. The lowest BCUT2D eigenvalue weighted by Crippen LogP contribution is -2.20. The molecule has 0 saturated carbocycles. The van der Waals surface area contributed by atoms with Crippen LogP contribution >= 0.6 is 27.5 Å². The van der Waals surface area contributed by atoms with Crippen LogP contribution in [-0.4, -0.2) is 32.9 Å². The zero-order chi connectivity index (χ0) is 24.4. The Bertz CT molecular complexity index is 1500. The van der Waals surface area contributed by atoms with Crippen molar-refractivity contribution < 1.29 is 14.4 Å². The van der Waals surface area contributed by atoms with Gasteiger partial charge in [0.05, 0.1) is 29.2 Å². The number of pyridine rings is 1. The summed E-state index contributed by atoms with van der Waals surface area (Å²) >= 11 is 9.59. The number of nitro groups is 1. The standard InChI is InChI=1S/C22H15BrClN5O5/c1-12-27-18-5-3-14(23)8-17(18)22(30)28(12)26-10-13-7-15(24)9-19(33-2)21(13)34-20-6-4-16(11-25-20)29(31)32/h3-11H,1-2H3. The van der Waals surface area contributed by atoms with Crippen molar-refractivity contribution in [1.82, 2.24) is 14.6 Å². The Labute approximate surface area is 205 Å². The largest absolute Gasteiger partial charge is 0.493 e. The molecule has 0 N–H and O–H groups in total. The fraction of sp³-hybridized carbons (Fsp3) is 0.0909. The average Bonchev–Trinajstić information content (AvgIpc) is 2.81. The molecule has 10 nitrogen and oxygen atoms in total. The van der Waals surface area contributed by atoms with Crippen LogP contribution in [0.3, 0.4) is 0 Å². The predicted octanol–water partition coefficient (Wildman–Crippen LogP) is 5.11. The van der Waals surface area contributed by atoms with Crippen molar-refractivity contribution in [1.29, 1.82) is 0 Å². The van der Waals surface area contributed by atoms with Crippen molar-refractivity contribution in [2.45, 2.75) is 6.92 Å². The summed E-state index contributed by atoms with van der Waals surface area (Å²) in [6.07, 6.45) is 2.46. The highest BCUT2D eigenvalue weighted by Crippen LogP contribution is 2.36. The van der Waals surface area contributed by atoms with Gasteiger partial charge in [-0.05, 0) is 31.2 Å². The van der Waals surface area contributed by atoms with Gasteiger partial charge >= 0.3 is 0 Å². The molecular weight excluding hydrogens is 530 g/mol. The first kappa shape index (κ1) is 23.3. The Hall–Kier alpha value is -3.83. The highest BCUT2D eigenvalue weighted by Gasteiger charge is 2.16. The second kappa shape index (κ2) is 9.57. The minimum atomic E-state index is -0.562. The quantitative estimate of drug-likeness (QED) is 0.188. The summed E-state index contributed by atoms with van der Waals surface area (Å²) in [5.74, 6) is 0.953. The van der Waals surface area contributed by atoms with Gasteiger partial charge in [-0.15, -0.1) is 0 Å². The molecule has 0 aliphatic rings. The van der Waals surface area contributed by atoms with Crippen LogP contribution < -0.4 is 15.0 Å². The zero-order valence-corrected chi connectivity index (χ0v) is 20.1. The molecule has 172 valence electrons. The molecule has 34 heavy (non-hydrogen) atoms. The molecule has 0 atom stereocenters. The van der Waals surface area contributed by atoms with Gasteiger partial charge in [0.15, 0.2) is 11.5 Å². The minimum Gasteiger partial charge on any atom is -0.493 e. The van der Waals surface area contributed by atoms with Crippen LogP contribution in [0.2, 0.25) is 5.02 Å². The van der Waals surface area contributed by atoms with Gasteiger partial charge in [-0.2, -0.15) is 9.78 Å². The number of aryl methyl sites for hydroxylation is 1. The first-order valence-corrected chi connectivity index (χ1v) is 10.8. The number of aromatic nitrogens is 3. The number of benzene rings is 2. The third kappa shape index (κ3) is 4.75. The fourth-order valence-electron chi connectivity index (χ4n) is 3.11. The van der Waals surface area contributed by atoms with Gasteiger partial charge in [0.25, 0.3) is 11.2 Å². The van der Waals surface area contributed by atoms with Crippen LogP contribution in [-0.2, 0) is 0 Å². The molecule has 0 bridgehead atoms. The van der Waals surface area contributed by atoms with E-state index in [2.05, 4.69) is 31.0 Å². The molecule has 0 radical (unpaired) electrons. The van der Waals surface area contributed by atoms with Gasteiger partial charge in [-0.25, -0.2) is 9.97 Å². The number of hydrogen-bond donors (Lipinski definition) is 0. The smallest absolute Gasteiger partial charge is 0.287 e. The van der Waals surface area contributed by atoms with Gasteiger partial charge in [0.2, 0.25) is 5.88 Å². The second-order valence-electron chi connectivity index (χ2n) is 6.92. The Morgan fingerprint density at radius 2 is 2.03 bits per heavy atom. The molecule has 12 heteroatoms. The topological polar surface area (TPSA) is 122 Å². The van der Waals surface area contributed by atoms with E-state index < -0.39 is 4.92 Å². The predicted molar refractivity (Wildman–Crippen MR) is 130 cm³/mol. The van der Waals surface area contributed by atoms with Crippen molar-refractivity contribution in [3.05, 3.63) is 90.0 Å². The van der Waals surface area contributed by atoms with Crippen molar-refractivity contribution in [2.24, 2.45) is 5.10 Å². The molecule has 4 aromatic rings. The van der Waals surface area contributed by atoms with Crippen LogP contribution in [0.1, 0.15) is 11.4 Å². The number of nitrogens with zero attached hydrogens (tertiary/aromatic N) is 5. The van der Waals surface area contributed by atoms with Crippen LogP contribution in [0.15, 0.2) is 63.0 Å². The molecule has 2 aromatic carbocycles. The Kier molecular flexibility index (Phi) is 6.57. The van der Waals surface area contributed by atoms with Crippen LogP contribution in [0.25, 0.3) is 10.9 Å². The molecule has 2 aromatic heterocycles. The number of halogens is 2. The van der Waals surface area contributed by atoms with Crippen LogP contribution in [0.5, 0.6) is 17.4 Å². The van der Waals surface area contributed by atoms with E-state index in [1.807, 2.05) is 0 Å². The lowest BCUT2D eigenvalue weighted by Gasteiger charge is -2.13. The van der Waals surface area contributed by atoms with E-state index in [1.54, 1.807) is 31.2 Å². The lowest BCUT2D eigenvalue weighted by atomic mass is 10.2. The van der Waals surface area contributed by atoms with Gasteiger partial charge in [-0.1, -0.05) is 27.5 Å². The number of methoxy groups -OCH3 is 1. The van der Waals surface area contributed by atoms with E-state index in [0.717, 1.165) is 15.3 Å². The van der Waals surface area contributed by atoms with E-state index >= 15 is 0 Å². The van der Waals surface area contributed by atoms with Crippen molar-refractivity contribution >= 4 is 50.3 Å². The van der Waals surface area contributed by atoms with Crippen molar-refractivity contribution in [2.75, 3.05) is 7.11 Å². The number of fused-ring (bicyclic) bond motifs is 1. The maximum Gasteiger partial charge on any atom is 0.287 e. The van der Waals surface area contributed by atoms with Crippen molar-refractivity contribution in [3.8, 4) is 17.4 Å². The molecule has 2 heterocycles. The highest BCUT2D eigenvalue weighted by molar-refractivity contribution is 9.10. The normalized spacial score (nSPS) is 11.2. The fourth-order valence-corrected chi connectivity index (χ4v) is 3.68. The maximum absolute atomic E-state index is 13.0. The molecule has 0 amide bonds. The van der Waals surface area contributed by atoms with E-state index in [0.29, 0.717) is 27.3 Å². The van der Waals surface area contributed by atoms with E-state index in [4.69, 9.17) is 21.1 Å². The van der Waals surface area contributed by atoms with Gasteiger partial charge < -0.3 is 9.47 Å². The van der Waals surface area contributed by atoms with E-state index in [1.165, 1.54) is 31.5 Å². The highest BCUT2D eigenvalue weighted by atomic mass is 79.9. The lowest BCUT2D eigenvalue weighted by molar-refractivity contribution is -0.385. The molecule has 0 saturated heterocycles.